The lowest BCUT2D eigenvalue weighted by molar-refractivity contribution is -0.144. The predicted octanol–water partition coefficient (Wildman–Crippen LogP) is 4.74. The Kier molecular flexibility index (Phi) is 7.87. The van der Waals surface area contributed by atoms with E-state index in [-0.39, 0.29) is 24.3 Å². The van der Waals surface area contributed by atoms with Crippen molar-refractivity contribution in [3.63, 3.8) is 0 Å². The highest BCUT2D eigenvalue weighted by Crippen LogP contribution is 2.64. The quantitative estimate of drug-likeness (QED) is 0.280. The minimum atomic E-state index is -1.12. The maximum Gasteiger partial charge on any atom is 0.250 e. The molecule has 3 amide bonds. The number of fused-ring (bicyclic) bond motifs is 2. The molecule has 1 spiro atoms. The van der Waals surface area contributed by atoms with Crippen molar-refractivity contribution in [3.05, 3.63) is 66.7 Å². The maximum atomic E-state index is 14.3. The van der Waals surface area contributed by atoms with Gasteiger partial charge < -0.3 is 30.1 Å². The molecule has 9 heteroatoms. The molecule has 3 fully saturated rings. The molecule has 0 aromatic heterocycles. The van der Waals surface area contributed by atoms with Gasteiger partial charge in [0, 0.05) is 24.5 Å². The first-order valence-corrected chi connectivity index (χ1v) is 15.3. The topological polar surface area (TPSA) is 117 Å². The van der Waals surface area contributed by atoms with E-state index in [0.717, 1.165) is 10.8 Å². The summed E-state index contributed by atoms with van der Waals surface area (Å²) in [6.45, 7) is 4.72. The third-order valence-electron chi connectivity index (χ3n) is 9.47. The molecule has 0 aliphatic carbocycles. The minimum Gasteiger partial charge on any atom is -0.494 e. The number of carbonyl (C=O) groups excluding carboxylic acids is 3. The van der Waals surface area contributed by atoms with Crippen molar-refractivity contribution in [1.29, 1.82) is 0 Å². The van der Waals surface area contributed by atoms with Gasteiger partial charge in [-0.2, -0.15) is 0 Å². The van der Waals surface area contributed by atoms with Gasteiger partial charge >= 0.3 is 0 Å². The van der Waals surface area contributed by atoms with Crippen molar-refractivity contribution in [3.8, 4) is 5.75 Å². The molecule has 3 heterocycles. The molecule has 3 aromatic rings. The first-order valence-electron chi connectivity index (χ1n) is 15.3. The summed E-state index contributed by atoms with van der Waals surface area (Å²) in [5, 5.41) is 17.6. The Morgan fingerprint density at radius 3 is 2.40 bits per heavy atom. The Bertz CT molecular complexity index is 1530. The molecular formula is C34H39N3O6. The van der Waals surface area contributed by atoms with Gasteiger partial charge in [0.25, 0.3) is 0 Å². The first-order chi connectivity index (χ1) is 20.9. The molecule has 43 heavy (non-hydrogen) atoms. The van der Waals surface area contributed by atoms with E-state index in [9.17, 15) is 19.5 Å². The summed E-state index contributed by atoms with van der Waals surface area (Å²) in [5.74, 6) is -1.67. The second-order valence-electron chi connectivity index (χ2n) is 11.8. The highest BCUT2D eigenvalue weighted by molar-refractivity contribution is 6.06. The predicted molar refractivity (Wildman–Crippen MR) is 164 cm³/mol. The van der Waals surface area contributed by atoms with Crippen LogP contribution in [-0.4, -0.2) is 64.7 Å². The van der Waals surface area contributed by atoms with Crippen LogP contribution < -0.4 is 15.4 Å². The number of anilines is 2. The van der Waals surface area contributed by atoms with Gasteiger partial charge in [-0.15, -0.1) is 0 Å². The summed E-state index contributed by atoms with van der Waals surface area (Å²) in [6, 6.07) is 19.9. The third-order valence-corrected chi connectivity index (χ3v) is 9.47. The van der Waals surface area contributed by atoms with Crippen LogP contribution in [0.4, 0.5) is 11.4 Å². The number of hydrogen-bond donors (Lipinski definition) is 3. The van der Waals surface area contributed by atoms with E-state index < -0.39 is 29.1 Å². The molecule has 0 radical (unpaired) electrons. The van der Waals surface area contributed by atoms with E-state index in [1.807, 2.05) is 56.3 Å². The van der Waals surface area contributed by atoms with E-state index in [0.29, 0.717) is 62.4 Å². The Morgan fingerprint density at radius 1 is 0.953 bits per heavy atom. The summed E-state index contributed by atoms with van der Waals surface area (Å²) in [6.07, 6.45) is 2.67. The number of likely N-dealkylation sites (tertiary alicyclic amines) is 1. The van der Waals surface area contributed by atoms with Gasteiger partial charge in [-0.05, 0) is 86.2 Å². The fourth-order valence-electron chi connectivity index (χ4n) is 7.55. The molecule has 9 nitrogen and oxygen atoms in total. The van der Waals surface area contributed by atoms with Crippen molar-refractivity contribution >= 4 is 39.9 Å². The molecule has 3 aromatic carbocycles. The zero-order valence-corrected chi connectivity index (χ0v) is 24.7. The van der Waals surface area contributed by atoms with Crippen LogP contribution in [0.2, 0.25) is 0 Å². The van der Waals surface area contributed by atoms with Crippen molar-refractivity contribution < 1.29 is 29.0 Å². The number of aliphatic hydroxyl groups excluding tert-OH is 1. The van der Waals surface area contributed by atoms with Crippen molar-refractivity contribution in [2.45, 2.75) is 63.2 Å². The summed E-state index contributed by atoms with van der Waals surface area (Å²) in [4.78, 5) is 44.0. The van der Waals surface area contributed by atoms with Gasteiger partial charge in [0.1, 0.15) is 17.4 Å². The van der Waals surface area contributed by atoms with Crippen LogP contribution in [0.3, 0.4) is 0 Å². The van der Waals surface area contributed by atoms with Gasteiger partial charge in [-0.25, -0.2) is 0 Å². The van der Waals surface area contributed by atoms with Crippen LogP contribution in [0, 0.1) is 11.8 Å². The van der Waals surface area contributed by atoms with E-state index in [1.54, 1.807) is 29.2 Å². The van der Waals surface area contributed by atoms with Crippen molar-refractivity contribution in [1.82, 2.24) is 4.90 Å². The molecule has 3 aliphatic heterocycles. The zero-order valence-electron chi connectivity index (χ0n) is 24.7. The lowest BCUT2D eigenvalue weighted by atomic mass is 9.65. The number of benzene rings is 3. The first kappa shape index (κ1) is 29.1. The average Bonchev–Trinajstić information content (AvgIpc) is 3.62. The van der Waals surface area contributed by atoms with E-state index in [4.69, 9.17) is 9.47 Å². The highest BCUT2D eigenvalue weighted by atomic mass is 16.5. The number of ether oxygens (including phenoxy) is 2. The van der Waals surface area contributed by atoms with Crippen molar-refractivity contribution in [2.75, 3.05) is 30.4 Å². The molecule has 6 rings (SSSR count). The van der Waals surface area contributed by atoms with Gasteiger partial charge in [0.2, 0.25) is 17.7 Å². The van der Waals surface area contributed by atoms with Gasteiger partial charge in [0.15, 0.2) is 0 Å². The van der Waals surface area contributed by atoms with Gasteiger partial charge in [-0.3, -0.25) is 14.4 Å². The minimum absolute atomic E-state index is 0.00683. The number of aliphatic hydroxyl groups is 1. The average molecular weight is 586 g/mol. The Balaban J connectivity index is 1.32. The number of nitrogens with one attached hydrogen (secondary N) is 2. The molecule has 2 bridgehead atoms. The van der Waals surface area contributed by atoms with Crippen LogP contribution in [0.25, 0.3) is 10.8 Å². The standard InChI is InChI=1S/C34H39N3O6/c1-3-33-17-18-34(43-33)28(27(33)30(39)35-24-13-15-26(16-14-24)42-4-2)32(41)37(19-7-8-20-38)29(34)31(40)36-25-12-11-22-9-5-6-10-23(22)21-25/h5-6,9-16,21,27-29,38H,3-4,7-8,17-20H2,1-2H3,(H,35,39)(H,36,40)/t27-,28+,29?,33+,34?/m1/s1. The maximum absolute atomic E-state index is 14.3. The Labute approximate surface area is 251 Å². The van der Waals surface area contributed by atoms with Crippen LogP contribution in [0.1, 0.15) is 46.0 Å². The molecule has 3 saturated heterocycles. The number of nitrogens with zero attached hydrogens (tertiary/aromatic N) is 1. The lowest BCUT2D eigenvalue weighted by Crippen LogP contribution is -2.53. The fraction of sp³-hybridized carbons (Fsp3) is 0.441. The second kappa shape index (κ2) is 11.6. The Morgan fingerprint density at radius 2 is 1.67 bits per heavy atom. The molecule has 3 N–H and O–H groups in total. The van der Waals surface area contributed by atoms with Gasteiger partial charge in [0.05, 0.1) is 24.0 Å². The van der Waals surface area contributed by atoms with Crippen molar-refractivity contribution in [2.24, 2.45) is 11.8 Å². The summed E-state index contributed by atoms with van der Waals surface area (Å²) in [7, 11) is 0. The van der Waals surface area contributed by atoms with Crippen LogP contribution in [0.5, 0.6) is 5.75 Å². The molecular weight excluding hydrogens is 546 g/mol. The molecule has 0 saturated carbocycles. The molecule has 5 atom stereocenters. The highest BCUT2D eigenvalue weighted by Gasteiger charge is 2.78. The number of carbonyl (C=O) groups is 3. The second-order valence-corrected chi connectivity index (χ2v) is 11.8. The largest absolute Gasteiger partial charge is 0.494 e. The summed E-state index contributed by atoms with van der Waals surface area (Å²) in [5.41, 5.74) is -0.719. The SMILES string of the molecule is CCOc1ccc(NC(=O)[C@H]2[C@H]3C(=O)N(CCCCO)C(C(=O)Nc4ccc5ccccc5c4)C34CC[C@]2(CC)O4)cc1. The number of unbranched alkanes of at least 4 members (excludes halogenated alkanes) is 1. The third kappa shape index (κ3) is 4.94. The fourth-order valence-corrected chi connectivity index (χ4v) is 7.55. The Hall–Kier alpha value is -3.95. The zero-order chi connectivity index (χ0) is 30.2. The van der Waals surface area contributed by atoms with Crippen LogP contribution in [-0.2, 0) is 19.1 Å². The molecule has 3 aliphatic rings. The molecule has 226 valence electrons. The van der Waals surface area contributed by atoms with E-state index in [1.165, 1.54) is 0 Å². The lowest BCUT2D eigenvalue weighted by Gasteiger charge is -2.34. The number of hydrogen-bond acceptors (Lipinski definition) is 6. The summed E-state index contributed by atoms with van der Waals surface area (Å²) < 4.78 is 12.4. The number of rotatable bonds is 11. The summed E-state index contributed by atoms with van der Waals surface area (Å²) >= 11 is 0. The van der Waals surface area contributed by atoms with E-state index >= 15 is 0 Å². The van der Waals surface area contributed by atoms with E-state index in [2.05, 4.69) is 10.6 Å². The molecule has 2 unspecified atom stereocenters. The van der Waals surface area contributed by atoms with Crippen LogP contribution >= 0.6 is 0 Å². The van der Waals surface area contributed by atoms with Crippen LogP contribution in [0.15, 0.2) is 66.7 Å². The smallest absolute Gasteiger partial charge is 0.250 e. The monoisotopic (exact) mass is 585 g/mol. The normalized spacial score (nSPS) is 27.4. The number of amides is 3. The van der Waals surface area contributed by atoms with Gasteiger partial charge in [-0.1, -0.05) is 37.3 Å².